The molecule has 0 saturated carbocycles. The minimum atomic E-state index is -4.95. The fraction of sp³-hybridized carbons (Fsp3) is 0.250. The SMILES string of the molecule is CC(CCc1c(-c2ccc(F)cc2)ccc(F)c1S(=O)(=O)O)S(=O)(=O)O. The van der Waals surface area contributed by atoms with Crippen molar-refractivity contribution >= 4 is 20.2 Å². The highest BCUT2D eigenvalue weighted by atomic mass is 32.2. The molecule has 2 rings (SSSR count). The summed E-state index contributed by atoms with van der Waals surface area (Å²) in [5, 5.41) is -1.24. The van der Waals surface area contributed by atoms with Crippen molar-refractivity contribution < 1.29 is 34.7 Å². The molecular weight excluding hydrogens is 390 g/mol. The van der Waals surface area contributed by atoms with Crippen LogP contribution in [0.4, 0.5) is 8.78 Å². The van der Waals surface area contributed by atoms with Gasteiger partial charge in [-0.05, 0) is 54.7 Å². The molecule has 0 heterocycles. The Morgan fingerprint density at radius 3 is 2.04 bits per heavy atom. The van der Waals surface area contributed by atoms with E-state index in [-0.39, 0.29) is 24.0 Å². The molecule has 0 aliphatic rings. The first-order valence-corrected chi connectivity index (χ1v) is 10.4. The number of hydrogen-bond donors (Lipinski definition) is 2. The third-order valence-electron chi connectivity index (χ3n) is 3.93. The van der Waals surface area contributed by atoms with Gasteiger partial charge >= 0.3 is 0 Å². The summed E-state index contributed by atoms with van der Waals surface area (Å²) in [6.07, 6.45) is -0.487. The van der Waals surface area contributed by atoms with Gasteiger partial charge < -0.3 is 0 Å². The van der Waals surface area contributed by atoms with Crippen LogP contribution in [0.25, 0.3) is 11.1 Å². The Hall–Kier alpha value is -1.88. The highest BCUT2D eigenvalue weighted by Crippen LogP contribution is 2.32. The second kappa shape index (κ2) is 7.39. The number of rotatable bonds is 6. The van der Waals surface area contributed by atoms with Crippen LogP contribution >= 0.6 is 0 Å². The van der Waals surface area contributed by atoms with E-state index in [0.717, 1.165) is 18.2 Å². The van der Waals surface area contributed by atoms with Crippen LogP contribution < -0.4 is 0 Å². The lowest BCUT2D eigenvalue weighted by molar-refractivity contribution is 0.465. The predicted molar refractivity (Wildman–Crippen MR) is 90.9 cm³/mol. The van der Waals surface area contributed by atoms with E-state index in [9.17, 15) is 30.2 Å². The molecule has 0 amide bonds. The molecule has 0 spiro atoms. The van der Waals surface area contributed by atoms with Crippen LogP contribution in [-0.2, 0) is 26.7 Å². The zero-order valence-electron chi connectivity index (χ0n) is 13.6. The van der Waals surface area contributed by atoms with E-state index in [1.807, 2.05) is 0 Å². The van der Waals surface area contributed by atoms with Crippen LogP contribution in [0.2, 0.25) is 0 Å². The maximum Gasteiger partial charge on any atom is 0.297 e. The van der Waals surface area contributed by atoms with E-state index in [1.54, 1.807) is 0 Å². The lowest BCUT2D eigenvalue weighted by Gasteiger charge is -2.16. The van der Waals surface area contributed by atoms with Crippen molar-refractivity contribution in [2.45, 2.75) is 29.9 Å². The zero-order chi connectivity index (χ0) is 19.7. The topological polar surface area (TPSA) is 109 Å². The van der Waals surface area contributed by atoms with Crippen LogP contribution in [0, 0.1) is 11.6 Å². The van der Waals surface area contributed by atoms with Gasteiger partial charge in [0.15, 0.2) is 0 Å². The molecule has 0 bridgehead atoms. The van der Waals surface area contributed by atoms with Gasteiger partial charge in [0.25, 0.3) is 20.2 Å². The molecule has 142 valence electrons. The first-order valence-electron chi connectivity index (χ1n) is 7.42. The van der Waals surface area contributed by atoms with E-state index in [2.05, 4.69) is 0 Å². The molecule has 1 unspecified atom stereocenters. The van der Waals surface area contributed by atoms with E-state index in [4.69, 9.17) is 4.55 Å². The number of benzene rings is 2. The van der Waals surface area contributed by atoms with Crippen molar-refractivity contribution in [1.82, 2.24) is 0 Å². The molecule has 0 aliphatic carbocycles. The maximum atomic E-state index is 14.1. The Balaban J connectivity index is 2.63. The Bertz CT molecular complexity index is 1020. The Morgan fingerprint density at radius 1 is 0.962 bits per heavy atom. The monoisotopic (exact) mass is 406 g/mol. The summed E-state index contributed by atoms with van der Waals surface area (Å²) >= 11 is 0. The van der Waals surface area contributed by atoms with Crippen LogP contribution in [0.1, 0.15) is 18.9 Å². The van der Waals surface area contributed by atoms with Crippen molar-refractivity contribution in [2.24, 2.45) is 0 Å². The lowest BCUT2D eigenvalue weighted by atomic mass is 9.96. The fourth-order valence-corrected chi connectivity index (χ4v) is 3.78. The van der Waals surface area contributed by atoms with Crippen molar-refractivity contribution in [3.63, 3.8) is 0 Å². The van der Waals surface area contributed by atoms with Gasteiger partial charge in [0.2, 0.25) is 0 Å². The van der Waals surface area contributed by atoms with Gasteiger partial charge in [0, 0.05) is 0 Å². The molecule has 6 nitrogen and oxygen atoms in total. The van der Waals surface area contributed by atoms with Crippen molar-refractivity contribution in [3.05, 3.63) is 53.6 Å². The summed E-state index contributed by atoms with van der Waals surface area (Å²) in [4.78, 5) is -0.970. The third-order valence-corrected chi connectivity index (χ3v) is 6.14. The molecular formula is C16H16F2O6S2. The molecule has 2 aromatic carbocycles. The summed E-state index contributed by atoms with van der Waals surface area (Å²) in [5.74, 6) is -1.74. The standard InChI is InChI=1S/C16H16F2O6S2/c1-10(25(19,20)21)2-7-14-13(11-3-5-12(17)6-4-11)8-9-15(18)16(14)26(22,23)24/h3-6,8-10H,2,7H2,1H3,(H,19,20,21)(H,22,23,24). The molecule has 0 fully saturated rings. The third kappa shape index (κ3) is 4.64. The van der Waals surface area contributed by atoms with E-state index in [0.29, 0.717) is 5.56 Å². The molecule has 2 N–H and O–H groups in total. The fourth-order valence-electron chi connectivity index (χ4n) is 2.52. The first-order chi connectivity index (χ1) is 11.9. The molecule has 26 heavy (non-hydrogen) atoms. The van der Waals surface area contributed by atoms with Crippen molar-refractivity contribution in [3.8, 4) is 11.1 Å². The minimum Gasteiger partial charge on any atom is -0.285 e. The Kier molecular flexibility index (Phi) is 5.81. The lowest BCUT2D eigenvalue weighted by Crippen LogP contribution is -2.18. The number of halogens is 2. The van der Waals surface area contributed by atoms with Gasteiger partial charge in [0.1, 0.15) is 16.5 Å². The van der Waals surface area contributed by atoms with Crippen LogP contribution in [0.15, 0.2) is 41.3 Å². The smallest absolute Gasteiger partial charge is 0.285 e. The van der Waals surface area contributed by atoms with Crippen molar-refractivity contribution in [1.29, 1.82) is 0 Å². The summed E-state index contributed by atoms with van der Waals surface area (Å²) in [6.45, 7) is 1.21. The summed E-state index contributed by atoms with van der Waals surface area (Å²) in [5.41, 5.74) is 0.391. The maximum absolute atomic E-state index is 14.1. The predicted octanol–water partition coefficient (Wildman–Crippen LogP) is 3.09. The van der Waals surface area contributed by atoms with Crippen LogP contribution in [0.3, 0.4) is 0 Å². The van der Waals surface area contributed by atoms with Gasteiger partial charge in [-0.25, -0.2) is 8.78 Å². The largest absolute Gasteiger partial charge is 0.297 e. The molecule has 0 aliphatic heterocycles. The summed E-state index contributed by atoms with van der Waals surface area (Å²) < 4.78 is 91.3. The second-order valence-electron chi connectivity index (χ2n) is 5.75. The quantitative estimate of drug-likeness (QED) is 0.714. The van der Waals surface area contributed by atoms with Gasteiger partial charge in [-0.15, -0.1) is 0 Å². The Labute approximate surface area is 150 Å². The highest BCUT2D eigenvalue weighted by Gasteiger charge is 2.26. The molecule has 2 aromatic rings. The Morgan fingerprint density at radius 2 is 1.54 bits per heavy atom. The minimum absolute atomic E-state index is 0.158. The van der Waals surface area contributed by atoms with Gasteiger partial charge in [-0.3, -0.25) is 9.11 Å². The van der Waals surface area contributed by atoms with Gasteiger partial charge in [0.05, 0.1) is 5.25 Å². The molecule has 1 atom stereocenters. The van der Waals surface area contributed by atoms with Gasteiger partial charge in [-0.2, -0.15) is 16.8 Å². The molecule has 0 aromatic heterocycles. The van der Waals surface area contributed by atoms with Crippen molar-refractivity contribution in [2.75, 3.05) is 0 Å². The van der Waals surface area contributed by atoms with E-state index >= 15 is 0 Å². The molecule has 0 saturated heterocycles. The van der Waals surface area contributed by atoms with Crippen LogP contribution in [-0.4, -0.2) is 31.2 Å². The van der Waals surface area contributed by atoms with Gasteiger partial charge in [-0.1, -0.05) is 18.2 Å². The normalized spacial score (nSPS) is 13.6. The average Bonchev–Trinajstić information content (AvgIpc) is 2.51. The van der Waals surface area contributed by atoms with E-state index in [1.165, 1.54) is 25.1 Å². The zero-order valence-corrected chi connectivity index (χ0v) is 15.2. The van der Waals surface area contributed by atoms with Crippen LogP contribution in [0.5, 0.6) is 0 Å². The summed E-state index contributed by atoms with van der Waals surface area (Å²) in [7, 11) is -9.32. The average molecular weight is 406 g/mol. The second-order valence-corrected chi connectivity index (χ2v) is 8.94. The van der Waals surface area contributed by atoms with E-state index < -0.39 is 42.0 Å². The highest BCUT2D eigenvalue weighted by molar-refractivity contribution is 7.86. The number of hydrogen-bond acceptors (Lipinski definition) is 4. The molecule has 10 heteroatoms. The first kappa shape index (κ1) is 20.4. The summed E-state index contributed by atoms with van der Waals surface area (Å²) in [6, 6.07) is 7.02. The molecule has 0 radical (unpaired) electrons.